The summed E-state index contributed by atoms with van der Waals surface area (Å²) in [5.74, 6) is 0.406. The monoisotopic (exact) mass is 321 g/mol. The number of methoxy groups -OCH3 is 1. The van der Waals surface area contributed by atoms with Gasteiger partial charge in [0.25, 0.3) is 0 Å². The van der Waals surface area contributed by atoms with Crippen LogP contribution < -0.4 is 15.5 Å². The average Bonchev–Trinajstić information content (AvgIpc) is 2.51. The molecule has 0 aliphatic heterocycles. The van der Waals surface area contributed by atoms with Crippen LogP contribution in [0.4, 0.5) is 10.1 Å². The molecule has 0 bridgehead atoms. The van der Waals surface area contributed by atoms with Crippen LogP contribution in [0, 0.1) is 5.82 Å². The normalized spacial score (nSPS) is 9.00. The molecule has 0 radical (unpaired) electrons. The number of nitrogens with one attached hydrogen (secondary N) is 2. The van der Waals surface area contributed by atoms with Crippen LogP contribution in [0.3, 0.4) is 0 Å². The van der Waals surface area contributed by atoms with E-state index in [9.17, 15) is 4.39 Å². The summed E-state index contributed by atoms with van der Waals surface area (Å²) in [5.41, 5.74) is 3.15. The van der Waals surface area contributed by atoms with E-state index in [2.05, 4.69) is 22.6 Å². The van der Waals surface area contributed by atoms with E-state index < -0.39 is 0 Å². The maximum atomic E-state index is 12.5. The number of para-hydroxylation sites is 2. The highest BCUT2D eigenvalue weighted by Gasteiger charge is 1.95. The van der Waals surface area contributed by atoms with Crippen molar-refractivity contribution in [2.24, 2.45) is 5.10 Å². The molecule has 2 rings (SSSR count). The Morgan fingerprint density at radius 2 is 1.86 bits per heavy atom. The van der Waals surface area contributed by atoms with Gasteiger partial charge in [-0.25, -0.2) is 4.39 Å². The van der Waals surface area contributed by atoms with E-state index in [0.29, 0.717) is 16.5 Å². The van der Waals surface area contributed by atoms with Crippen molar-refractivity contribution in [3.63, 3.8) is 0 Å². The summed E-state index contributed by atoms with van der Waals surface area (Å²) in [6, 6.07) is 12.7. The van der Waals surface area contributed by atoms with Gasteiger partial charge in [-0.2, -0.15) is 5.10 Å². The lowest BCUT2D eigenvalue weighted by Crippen LogP contribution is -2.23. The molecule has 0 heterocycles. The Hall–Kier alpha value is -2.67. The summed E-state index contributed by atoms with van der Waals surface area (Å²) in [6.45, 7) is 3.21. The molecule has 0 aromatic heterocycles. The summed E-state index contributed by atoms with van der Waals surface area (Å²) >= 11 is 4.82. The minimum atomic E-state index is -0.286. The smallest absolute Gasteiger partial charge is 0.191 e. The van der Waals surface area contributed by atoms with Gasteiger partial charge >= 0.3 is 0 Å². The average molecular weight is 321 g/mol. The predicted octanol–water partition coefficient (Wildman–Crippen LogP) is 3.13. The van der Waals surface area contributed by atoms with E-state index in [0.717, 1.165) is 0 Å². The molecule has 0 amide bonds. The number of benzene rings is 2. The van der Waals surface area contributed by atoms with Crippen LogP contribution in [0.5, 0.6) is 11.5 Å². The third-order valence-corrected chi connectivity index (χ3v) is 2.56. The second-order valence-electron chi connectivity index (χ2n) is 3.90. The summed E-state index contributed by atoms with van der Waals surface area (Å²) in [4.78, 5) is 0. The number of phenolic OH excluding ortho intramolecular Hbond substituents is 1. The van der Waals surface area contributed by atoms with Gasteiger partial charge in [-0.15, -0.1) is 0 Å². The summed E-state index contributed by atoms with van der Waals surface area (Å²) < 4.78 is 17.3. The molecule has 0 aliphatic carbocycles. The lowest BCUT2D eigenvalue weighted by molar-refractivity contribution is 0.373. The Morgan fingerprint density at radius 1 is 1.23 bits per heavy atom. The SMILES string of the molecule is C=NNC(=S)Nc1ccc(F)cc1.COc1ccccc1O. The first-order valence-corrected chi connectivity index (χ1v) is 6.58. The minimum absolute atomic E-state index is 0.181. The number of halogens is 1. The Kier molecular flexibility index (Phi) is 7.35. The number of thiocarbonyl (C=S) groups is 1. The molecule has 5 nitrogen and oxygen atoms in total. The van der Waals surface area contributed by atoms with Crippen molar-refractivity contribution in [1.29, 1.82) is 0 Å². The topological polar surface area (TPSA) is 65.9 Å². The van der Waals surface area contributed by atoms with E-state index in [-0.39, 0.29) is 11.6 Å². The fourth-order valence-electron chi connectivity index (χ4n) is 1.39. The third-order valence-electron chi connectivity index (χ3n) is 2.37. The largest absolute Gasteiger partial charge is 0.504 e. The molecule has 0 fully saturated rings. The van der Waals surface area contributed by atoms with Gasteiger partial charge in [0.05, 0.1) is 7.11 Å². The van der Waals surface area contributed by atoms with E-state index in [1.807, 2.05) is 0 Å². The Morgan fingerprint density at radius 3 is 2.36 bits per heavy atom. The van der Waals surface area contributed by atoms with Gasteiger partial charge in [0.1, 0.15) is 5.82 Å². The number of ether oxygens (including phenoxy) is 1. The molecule has 0 atom stereocenters. The third kappa shape index (κ3) is 6.19. The molecule has 0 aliphatic rings. The van der Waals surface area contributed by atoms with Crippen molar-refractivity contribution in [3.05, 3.63) is 54.3 Å². The zero-order valence-corrected chi connectivity index (χ0v) is 12.7. The predicted molar refractivity (Wildman–Crippen MR) is 90.0 cm³/mol. The number of rotatable bonds is 3. The van der Waals surface area contributed by atoms with Crippen LogP contribution >= 0.6 is 12.2 Å². The highest BCUT2D eigenvalue weighted by Crippen LogP contribution is 2.23. The van der Waals surface area contributed by atoms with E-state index in [1.54, 1.807) is 36.4 Å². The molecule has 7 heteroatoms. The van der Waals surface area contributed by atoms with Crippen LogP contribution in [0.2, 0.25) is 0 Å². The number of hydrogen-bond donors (Lipinski definition) is 3. The van der Waals surface area contributed by atoms with E-state index >= 15 is 0 Å². The molecule has 0 unspecified atom stereocenters. The zero-order chi connectivity index (χ0) is 16.4. The van der Waals surface area contributed by atoms with Crippen molar-refractivity contribution >= 4 is 29.7 Å². The van der Waals surface area contributed by atoms with E-state index in [1.165, 1.54) is 19.2 Å². The van der Waals surface area contributed by atoms with Gasteiger partial charge in [-0.1, -0.05) is 12.1 Å². The first kappa shape index (κ1) is 17.4. The number of phenols is 1. The zero-order valence-electron chi connectivity index (χ0n) is 11.9. The minimum Gasteiger partial charge on any atom is -0.504 e. The molecule has 2 aromatic rings. The highest BCUT2D eigenvalue weighted by molar-refractivity contribution is 7.80. The number of nitrogens with zero attached hydrogens (tertiary/aromatic N) is 1. The number of anilines is 1. The van der Waals surface area contributed by atoms with Crippen molar-refractivity contribution in [1.82, 2.24) is 5.43 Å². The summed E-state index contributed by atoms with van der Waals surface area (Å²) in [5, 5.41) is 15.5. The molecular weight excluding hydrogens is 305 g/mol. The van der Waals surface area contributed by atoms with Gasteiger partial charge in [0.15, 0.2) is 16.6 Å². The molecule has 0 saturated carbocycles. The van der Waals surface area contributed by atoms with Gasteiger partial charge in [-0.3, -0.25) is 5.43 Å². The molecule has 0 saturated heterocycles. The molecule has 2 aromatic carbocycles. The second-order valence-corrected chi connectivity index (χ2v) is 4.31. The number of aromatic hydroxyl groups is 1. The quantitative estimate of drug-likeness (QED) is 0.460. The van der Waals surface area contributed by atoms with Gasteiger partial charge in [0.2, 0.25) is 0 Å². The van der Waals surface area contributed by atoms with Gasteiger partial charge in [0, 0.05) is 12.4 Å². The second kappa shape index (κ2) is 9.30. The van der Waals surface area contributed by atoms with Crippen molar-refractivity contribution in [2.75, 3.05) is 12.4 Å². The van der Waals surface area contributed by atoms with E-state index in [4.69, 9.17) is 22.1 Å². The maximum Gasteiger partial charge on any atom is 0.191 e. The molecule has 22 heavy (non-hydrogen) atoms. The lowest BCUT2D eigenvalue weighted by atomic mass is 10.3. The number of hydrazone groups is 1. The van der Waals surface area contributed by atoms with Crippen LogP contribution in [0.15, 0.2) is 53.6 Å². The van der Waals surface area contributed by atoms with Crippen LogP contribution in [-0.4, -0.2) is 24.0 Å². The maximum absolute atomic E-state index is 12.5. The first-order chi connectivity index (χ1) is 10.6. The molecule has 116 valence electrons. The van der Waals surface area contributed by atoms with Gasteiger partial charge < -0.3 is 15.2 Å². The summed E-state index contributed by atoms with van der Waals surface area (Å²) in [7, 11) is 1.52. The standard InChI is InChI=1S/C8H8FN3S.C7H8O2/c1-10-12-8(13)11-7-4-2-6(9)3-5-7;1-9-7-5-3-2-4-6(7)8/h2-5H,1H2,(H2,11,12,13);2-5,8H,1H3. The highest BCUT2D eigenvalue weighted by atomic mass is 32.1. The fourth-order valence-corrected chi connectivity index (χ4v) is 1.58. The lowest BCUT2D eigenvalue weighted by Gasteiger charge is -2.05. The fraction of sp³-hybridized carbons (Fsp3) is 0.0667. The van der Waals surface area contributed by atoms with Crippen LogP contribution in [0.1, 0.15) is 0 Å². The van der Waals surface area contributed by atoms with Crippen molar-refractivity contribution in [3.8, 4) is 11.5 Å². The van der Waals surface area contributed by atoms with Crippen molar-refractivity contribution < 1.29 is 14.2 Å². The molecular formula is C15H16FN3O2S. The Labute approximate surface area is 133 Å². The van der Waals surface area contributed by atoms with Crippen LogP contribution in [0.25, 0.3) is 0 Å². The molecule has 3 N–H and O–H groups in total. The van der Waals surface area contributed by atoms with Gasteiger partial charge in [-0.05, 0) is 48.6 Å². The van der Waals surface area contributed by atoms with Crippen LogP contribution in [-0.2, 0) is 0 Å². The molecule has 0 spiro atoms. The van der Waals surface area contributed by atoms with Crippen molar-refractivity contribution in [2.45, 2.75) is 0 Å². The Balaban J connectivity index is 0.000000235. The Bertz CT molecular complexity index is 620. The number of hydrogen-bond acceptors (Lipinski definition) is 4. The first-order valence-electron chi connectivity index (χ1n) is 6.17. The summed E-state index contributed by atoms with van der Waals surface area (Å²) in [6.07, 6.45) is 0.